The summed E-state index contributed by atoms with van der Waals surface area (Å²) in [5.41, 5.74) is 1.01. The number of methoxy groups -OCH3 is 4. The van der Waals surface area contributed by atoms with Crippen LogP contribution in [0.2, 0.25) is 0 Å². The summed E-state index contributed by atoms with van der Waals surface area (Å²) in [5, 5.41) is 20.3. The fourth-order valence-electron chi connectivity index (χ4n) is 6.58. The van der Waals surface area contributed by atoms with Crippen LogP contribution in [0.5, 0.6) is 23.8 Å². The van der Waals surface area contributed by atoms with E-state index in [-0.39, 0.29) is 23.8 Å². The molecular weight excluding hydrogens is 745 g/mol. The molecule has 0 radical (unpaired) electrons. The predicted molar refractivity (Wildman–Crippen MR) is 212 cm³/mol. The van der Waals surface area contributed by atoms with Crippen LogP contribution in [0, 0.1) is 13.8 Å². The molecule has 6 rings (SSSR count). The van der Waals surface area contributed by atoms with Crippen LogP contribution in [0.4, 0.5) is 0 Å². The van der Waals surface area contributed by atoms with Crippen molar-refractivity contribution in [1.82, 2.24) is 19.9 Å². The number of hydrogen-bond donors (Lipinski definition) is 2. The Kier molecular flexibility index (Phi) is 14.1. The molecule has 6 aromatic rings. The van der Waals surface area contributed by atoms with Crippen LogP contribution in [0.1, 0.15) is 33.6 Å². The summed E-state index contributed by atoms with van der Waals surface area (Å²) in [4.78, 5) is 41.5. The van der Waals surface area contributed by atoms with Crippen LogP contribution in [0.25, 0.3) is 0 Å². The molecule has 0 amide bonds. The van der Waals surface area contributed by atoms with Crippen LogP contribution < -0.4 is 18.9 Å². The summed E-state index contributed by atoms with van der Waals surface area (Å²) in [6.45, 7) is 3.60. The van der Waals surface area contributed by atoms with Crippen molar-refractivity contribution in [3.05, 3.63) is 167 Å². The van der Waals surface area contributed by atoms with Gasteiger partial charge < -0.3 is 38.6 Å². The number of benzene rings is 4. The highest BCUT2D eigenvalue weighted by Gasteiger charge is 2.50. The average molecular weight is 789 g/mol. The summed E-state index contributed by atoms with van der Waals surface area (Å²) in [6.07, 6.45) is -2.94. The molecule has 0 saturated heterocycles. The molecule has 58 heavy (non-hydrogen) atoms. The topological polar surface area (TPSA) is 182 Å². The summed E-state index contributed by atoms with van der Waals surface area (Å²) < 4.78 is 33.7. The van der Waals surface area contributed by atoms with Crippen molar-refractivity contribution in [3.63, 3.8) is 0 Å². The van der Waals surface area contributed by atoms with Gasteiger partial charge in [0, 0.05) is 25.6 Å². The minimum absolute atomic E-state index is 0.00168. The van der Waals surface area contributed by atoms with E-state index in [2.05, 4.69) is 19.9 Å². The van der Waals surface area contributed by atoms with Gasteiger partial charge in [0.1, 0.15) is 0 Å². The minimum Gasteiger partial charge on any atom is -0.481 e. The van der Waals surface area contributed by atoms with Gasteiger partial charge >= 0.3 is 24.0 Å². The number of nitrogens with zero attached hydrogens (tertiary/aromatic N) is 4. The van der Waals surface area contributed by atoms with Crippen molar-refractivity contribution in [2.24, 2.45) is 0 Å². The third kappa shape index (κ3) is 9.20. The van der Waals surface area contributed by atoms with Gasteiger partial charge in [0.15, 0.2) is 11.2 Å². The molecule has 14 nitrogen and oxygen atoms in total. The van der Waals surface area contributed by atoms with Crippen molar-refractivity contribution in [2.45, 2.75) is 37.3 Å². The zero-order chi connectivity index (χ0) is 41.7. The van der Waals surface area contributed by atoms with E-state index in [0.29, 0.717) is 33.6 Å². The largest absolute Gasteiger partial charge is 0.481 e. The highest BCUT2D eigenvalue weighted by Crippen LogP contribution is 2.40. The smallest absolute Gasteiger partial charge is 0.348 e. The van der Waals surface area contributed by atoms with E-state index >= 15 is 0 Å². The van der Waals surface area contributed by atoms with Crippen LogP contribution in [0.15, 0.2) is 133 Å². The highest BCUT2D eigenvalue weighted by atomic mass is 16.6. The maximum absolute atomic E-state index is 12.4. The number of carboxylic acid groups (broad SMARTS) is 2. The average Bonchev–Trinajstić information content (AvgIpc) is 3.25. The Morgan fingerprint density at radius 3 is 1.03 bits per heavy atom. The van der Waals surface area contributed by atoms with Crippen molar-refractivity contribution >= 4 is 11.9 Å². The standard InChI is InChI=1S/C22H22N2O6.C22H22N2O4/c1-27-17-14-18(28-2)24-21(23-17)30-19(20(25)26)22(29-3,15-10-6-4-7-11-15)16-12-8-5-9-13-16;1-15-14-16(2)24-21(23-15)28-19(20(25)26)22(27-3,17-10-6-4-7-11-17)18-12-8-5-9-13-18/h4-14,19H,1-3H3,(H,25,26);4-14,19H,1-3H3,(H,25,26)/t2*19-/m11/s1. The molecule has 0 aliphatic rings. The summed E-state index contributed by atoms with van der Waals surface area (Å²) in [7, 11) is 5.76. The van der Waals surface area contributed by atoms with Gasteiger partial charge in [-0.1, -0.05) is 121 Å². The Bertz CT molecular complexity index is 2130. The lowest BCUT2D eigenvalue weighted by atomic mass is 9.81. The number of ether oxygens (including phenoxy) is 6. The van der Waals surface area contributed by atoms with Crippen LogP contribution in [0.3, 0.4) is 0 Å². The Labute approximate surface area is 336 Å². The molecule has 4 aromatic carbocycles. The summed E-state index contributed by atoms with van der Waals surface area (Å²) in [6, 6.07) is 39.3. The number of carbonyl (C=O) groups is 2. The van der Waals surface area contributed by atoms with Crippen LogP contribution in [-0.4, -0.2) is 82.7 Å². The van der Waals surface area contributed by atoms with Gasteiger partial charge in [-0.05, 0) is 42.2 Å². The summed E-state index contributed by atoms with van der Waals surface area (Å²) >= 11 is 0. The third-order valence-corrected chi connectivity index (χ3v) is 9.13. The molecule has 0 fully saturated rings. The van der Waals surface area contributed by atoms with Gasteiger partial charge in [-0.15, -0.1) is 0 Å². The molecular formula is C44H44N4O10. The number of aryl methyl sites for hydroxylation is 2. The van der Waals surface area contributed by atoms with Gasteiger partial charge in [0.25, 0.3) is 0 Å². The lowest BCUT2D eigenvalue weighted by molar-refractivity contribution is -0.161. The second-order valence-corrected chi connectivity index (χ2v) is 12.7. The molecule has 0 unspecified atom stereocenters. The number of aromatic nitrogens is 4. The lowest BCUT2D eigenvalue weighted by Gasteiger charge is -2.37. The van der Waals surface area contributed by atoms with Crippen LogP contribution in [-0.2, 0) is 30.3 Å². The SMILES string of the molecule is COC(c1ccccc1)(c1ccccc1)[C@H](Oc1nc(C)cc(C)n1)C(=O)O.COc1cc(OC)nc(O[C@H](C(=O)O)C(OC)(c2ccccc2)c2ccccc2)n1. The van der Waals surface area contributed by atoms with E-state index in [1.54, 1.807) is 68.4 Å². The first kappa shape index (κ1) is 42.2. The molecule has 0 saturated carbocycles. The number of aliphatic carboxylic acids is 2. The second-order valence-electron chi connectivity index (χ2n) is 12.7. The Hall–Kier alpha value is -6.90. The number of hydrogen-bond acceptors (Lipinski definition) is 12. The molecule has 0 spiro atoms. The number of carboxylic acids is 2. The van der Waals surface area contributed by atoms with Gasteiger partial charge in [-0.25, -0.2) is 19.6 Å². The third-order valence-electron chi connectivity index (χ3n) is 9.13. The fourth-order valence-corrected chi connectivity index (χ4v) is 6.58. The van der Waals surface area contributed by atoms with Crippen molar-refractivity contribution < 1.29 is 48.2 Å². The van der Waals surface area contributed by atoms with Gasteiger partial charge in [0.2, 0.25) is 24.0 Å². The lowest BCUT2D eigenvalue weighted by Crippen LogP contribution is -2.50. The first-order chi connectivity index (χ1) is 28.0. The highest BCUT2D eigenvalue weighted by molar-refractivity contribution is 5.77. The van der Waals surface area contributed by atoms with E-state index in [0.717, 1.165) is 0 Å². The minimum atomic E-state index is -1.52. The first-order valence-corrected chi connectivity index (χ1v) is 17.9. The molecule has 2 heterocycles. The number of rotatable bonds is 16. The quantitative estimate of drug-likeness (QED) is 0.109. The molecule has 0 aliphatic heterocycles. The van der Waals surface area contributed by atoms with Crippen molar-refractivity contribution in [2.75, 3.05) is 28.4 Å². The molecule has 14 heteroatoms. The first-order valence-electron chi connectivity index (χ1n) is 17.9. The zero-order valence-corrected chi connectivity index (χ0v) is 32.8. The predicted octanol–water partition coefficient (Wildman–Crippen LogP) is 6.43. The monoisotopic (exact) mass is 788 g/mol. The maximum Gasteiger partial charge on any atom is 0.348 e. The van der Waals surface area contributed by atoms with Gasteiger partial charge in [-0.3, -0.25) is 0 Å². The molecule has 2 aromatic heterocycles. The van der Waals surface area contributed by atoms with E-state index in [1.165, 1.54) is 34.5 Å². The Morgan fingerprint density at radius 1 is 0.483 bits per heavy atom. The fraction of sp³-hybridized carbons (Fsp3) is 0.227. The molecule has 0 aliphatic carbocycles. The molecule has 2 N–H and O–H groups in total. The zero-order valence-electron chi connectivity index (χ0n) is 32.8. The maximum atomic E-state index is 12.4. The van der Waals surface area contributed by atoms with E-state index in [4.69, 9.17) is 28.4 Å². The summed E-state index contributed by atoms with van der Waals surface area (Å²) in [5.74, 6) is -2.10. The second kappa shape index (κ2) is 19.3. The Morgan fingerprint density at radius 2 is 0.776 bits per heavy atom. The Balaban J connectivity index is 0.000000221. The molecule has 2 atom stereocenters. The van der Waals surface area contributed by atoms with Crippen molar-refractivity contribution in [1.29, 1.82) is 0 Å². The van der Waals surface area contributed by atoms with Gasteiger partial charge in [-0.2, -0.15) is 9.97 Å². The van der Waals surface area contributed by atoms with Crippen molar-refractivity contribution in [3.8, 4) is 23.8 Å². The van der Waals surface area contributed by atoms with E-state index < -0.39 is 35.3 Å². The normalized spacial score (nSPS) is 12.2. The molecule has 300 valence electrons. The molecule has 0 bridgehead atoms. The van der Waals surface area contributed by atoms with Crippen LogP contribution >= 0.6 is 0 Å². The van der Waals surface area contributed by atoms with E-state index in [9.17, 15) is 19.8 Å². The van der Waals surface area contributed by atoms with Gasteiger partial charge in [0.05, 0.1) is 20.3 Å². The van der Waals surface area contributed by atoms with E-state index in [1.807, 2.05) is 72.8 Å².